The van der Waals surface area contributed by atoms with E-state index < -0.39 is 5.41 Å². The van der Waals surface area contributed by atoms with Crippen molar-refractivity contribution < 1.29 is 4.79 Å². The van der Waals surface area contributed by atoms with Gasteiger partial charge < -0.3 is 5.32 Å². The maximum atomic E-state index is 11.9. The molecule has 1 N–H and O–H groups in total. The molecule has 1 atom stereocenters. The molecule has 0 aliphatic heterocycles. The number of nitriles is 1. The van der Waals surface area contributed by atoms with Crippen molar-refractivity contribution in [2.45, 2.75) is 27.2 Å². The van der Waals surface area contributed by atoms with E-state index in [0.717, 1.165) is 5.56 Å². The number of carbonyl (C=O) groups excluding carboxylic acids is 1. The predicted octanol–water partition coefficient (Wildman–Crippen LogP) is 2.27. The first-order valence-corrected chi connectivity index (χ1v) is 5.17. The number of nitrogens with one attached hydrogen (secondary N) is 1. The summed E-state index contributed by atoms with van der Waals surface area (Å²) in [5, 5.41) is 11.7. The standard InChI is InChI=1S/C12H15N3O/c1-4-12(3,8-13)11(16)15-10-7-14-6-5-9(10)2/h5-7H,4H2,1-3H3,(H,15,16). The summed E-state index contributed by atoms with van der Waals surface area (Å²) in [7, 11) is 0. The van der Waals surface area contributed by atoms with E-state index in [1.165, 1.54) is 0 Å². The van der Waals surface area contributed by atoms with Gasteiger partial charge in [-0.05, 0) is 31.9 Å². The van der Waals surface area contributed by atoms with E-state index in [9.17, 15) is 4.79 Å². The van der Waals surface area contributed by atoms with Crippen LogP contribution in [0.5, 0.6) is 0 Å². The topological polar surface area (TPSA) is 65.8 Å². The van der Waals surface area contributed by atoms with Gasteiger partial charge in [0.2, 0.25) is 5.91 Å². The summed E-state index contributed by atoms with van der Waals surface area (Å²) in [6.07, 6.45) is 3.73. The van der Waals surface area contributed by atoms with Gasteiger partial charge in [-0.1, -0.05) is 6.92 Å². The fourth-order valence-corrected chi connectivity index (χ4v) is 1.15. The number of aromatic nitrogens is 1. The molecule has 0 radical (unpaired) electrons. The number of aryl methyl sites for hydroxylation is 1. The Hall–Kier alpha value is -1.89. The molecule has 16 heavy (non-hydrogen) atoms. The molecular formula is C12H15N3O. The Morgan fingerprint density at radius 1 is 1.69 bits per heavy atom. The first-order valence-electron chi connectivity index (χ1n) is 5.17. The fraction of sp³-hybridized carbons (Fsp3) is 0.417. The van der Waals surface area contributed by atoms with Gasteiger partial charge in [0.1, 0.15) is 5.41 Å². The predicted molar refractivity (Wildman–Crippen MR) is 61.6 cm³/mol. The fourth-order valence-electron chi connectivity index (χ4n) is 1.15. The Morgan fingerprint density at radius 3 is 2.88 bits per heavy atom. The number of rotatable bonds is 3. The Morgan fingerprint density at radius 2 is 2.38 bits per heavy atom. The van der Waals surface area contributed by atoms with Crippen LogP contribution in [0.3, 0.4) is 0 Å². The monoisotopic (exact) mass is 217 g/mol. The van der Waals surface area contributed by atoms with Gasteiger partial charge in [0.25, 0.3) is 0 Å². The molecule has 1 rings (SSSR count). The van der Waals surface area contributed by atoms with Crippen molar-refractivity contribution in [1.29, 1.82) is 5.26 Å². The second-order valence-electron chi connectivity index (χ2n) is 3.94. The smallest absolute Gasteiger partial charge is 0.244 e. The minimum Gasteiger partial charge on any atom is -0.323 e. The highest BCUT2D eigenvalue weighted by Crippen LogP contribution is 2.23. The normalized spacial score (nSPS) is 13.6. The molecule has 0 saturated carbocycles. The Bertz CT molecular complexity index is 436. The van der Waals surface area contributed by atoms with E-state index >= 15 is 0 Å². The average molecular weight is 217 g/mol. The second kappa shape index (κ2) is 4.75. The van der Waals surface area contributed by atoms with E-state index in [1.807, 2.05) is 26.0 Å². The number of carbonyl (C=O) groups is 1. The zero-order chi connectivity index (χ0) is 12.2. The van der Waals surface area contributed by atoms with Crippen molar-refractivity contribution in [3.63, 3.8) is 0 Å². The van der Waals surface area contributed by atoms with Crippen LogP contribution in [0.25, 0.3) is 0 Å². The Balaban J connectivity index is 2.88. The maximum Gasteiger partial charge on any atom is 0.244 e. The minimum absolute atomic E-state index is 0.284. The molecule has 0 spiro atoms. The molecule has 0 aliphatic carbocycles. The highest BCUT2D eigenvalue weighted by Gasteiger charge is 2.31. The molecule has 1 aromatic rings. The van der Waals surface area contributed by atoms with Crippen LogP contribution in [0.1, 0.15) is 25.8 Å². The number of hydrogen-bond donors (Lipinski definition) is 1. The summed E-state index contributed by atoms with van der Waals surface area (Å²) in [5.74, 6) is -0.284. The van der Waals surface area contributed by atoms with Gasteiger partial charge in [0, 0.05) is 6.20 Å². The molecule has 0 fully saturated rings. The lowest BCUT2D eigenvalue weighted by Crippen LogP contribution is -2.31. The molecular weight excluding hydrogens is 202 g/mol. The van der Waals surface area contributed by atoms with Crippen LogP contribution < -0.4 is 5.32 Å². The van der Waals surface area contributed by atoms with E-state index in [1.54, 1.807) is 19.3 Å². The van der Waals surface area contributed by atoms with Crippen molar-refractivity contribution in [3.8, 4) is 6.07 Å². The number of amides is 1. The van der Waals surface area contributed by atoms with Crippen LogP contribution in [0.15, 0.2) is 18.5 Å². The van der Waals surface area contributed by atoms with Gasteiger partial charge in [0.05, 0.1) is 18.0 Å². The number of hydrogen-bond acceptors (Lipinski definition) is 3. The molecule has 84 valence electrons. The van der Waals surface area contributed by atoms with Crippen LogP contribution in [0, 0.1) is 23.7 Å². The largest absolute Gasteiger partial charge is 0.323 e. The molecule has 0 saturated heterocycles. The van der Waals surface area contributed by atoms with Crippen molar-refractivity contribution >= 4 is 11.6 Å². The zero-order valence-electron chi connectivity index (χ0n) is 9.74. The molecule has 4 heteroatoms. The molecule has 0 aliphatic rings. The average Bonchev–Trinajstić information content (AvgIpc) is 2.31. The van der Waals surface area contributed by atoms with E-state index in [4.69, 9.17) is 5.26 Å². The van der Waals surface area contributed by atoms with Crippen molar-refractivity contribution in [2.75, 3.05) is 5.32 Å². The first-order chi connectivity index (χ1) is 7.53. The van der Waals surface area contributed by atoms with Crippen LogP contribution >= 0.6 is 0 Å². The molecule has 1 unspecified atom stereocenters. The second-order valence-corrected chi connectivity index (χ2v) is 3.94. The van der Waals surface area contributed by atoms with Crippen molar-refractivity contribution in [3.05, 3.63) is 24.0 Å². The van der Waals surface area contributed by atoms with E-state index in [0.29, 0.717) is 12.1 Å². The lowest BCUT2D eigenvalue weighted by atomic mass is 9.88. The van der Waals surface area contributed by atoms with Crippen molar-refractivity contribution in [1.82, 2.24) is 4.98 Å². The lowest BCUT2D eigenvalue weighted by Gasteiger charge is -2.19. The molecule has 1 aromatic heterocycles. The minimum atomic E-state index is -0.984. The van der Waals surface area contributed by atoms with Gasteiger partial charge in [-0.3, -0.25) is 9.78 Å². The Labute approximate surface area is 95.3 Å². The maximum absolute atomic E-state index is 11.9. The van der Waals surface area contributed by atoms with Crippen LogP contribution in [-0.4, -0.2) is 10.9 Å². The van der Waals surface area contributed by atoms with Gasteiger partial charge in [-0.2, -0.15) is 5.26 Å². The summed E-state index contributed by atoms with van der Waals surface area (Å²) in [6.45, 7) is 5.33. The third-order valence-corrected chi connectivity index (χ3v) is 2.74. The lowest BCUT2D eigenvalue weighted by molar-refractivity contribution is -0.122. The first kappa shape index (κ1) is 12.2. The summed E-state index contributed by atoms with van der Waals surface area (Å²) < 4.78 is 0. The third-order valence-electron chi connectivity index (χ3n) is 2.74. The Kier molecular flexibility index (Phi) is 3.62. The van der Waals surface area contributed by atoms with Crippen molar-refractivity contribution in [2.24, 2.45) is 5.41 Å². The van der Waals surface area contributed by atoms with E-state index in [-0.39, 0.29) is 5.91 Å². The number of pyridine rings is 1. The van der Waals surface area contributed by atoms with Crippen LogP contribution in [0.2, 0.25) is 0 Å². The van der Waals surface area contributed by atoms with Gasteiger partial charge >= 0.3 is 0 Å². The van der Waals surface area contributed by atoms with Gasteiger partial charge in [-0.25, -0.2) is 0 Å². The van der Waals surface area contributed by atoms with Gasteiger partial charge in [0.15, 0.2) is 0 Å². The van der Waals surface area contributed by atoms with Gasteiger partial charge in [-0.15, -0.1) is 0 Å². The molecule has 1 heterocycles. The zero-order valence-corrected chi connectivity index (χ0v) is 9.74. The van der Waals surface area contributed by atoms with Crippen LogP contribution in [0.4, 0.5) is 5.69 Å². The summed E-state index contributed by atoms with van der Waals surface area (Å²) in [5.41, 5.74) is 0.601. The molecule has 0 bridgehead atoms. The highest BCUT2D eigenvalue weighted by molar-refractivity contribution is 5.97. The molecule has 1 amide bonds. The third kappa shape index (κ3) is 2.37. The molecule has 0 aromatic carbocycles. The number of anilines is 1. The van der Waals surface area contributed by atoms with Crippen LogP contribution in [-0.2, 0) is 4.79 Å². The quantitative estimate of drug-likeness (QED) is 0.844. The summed E-state index contributed by atoms with van der Waals surface area (Å²) >= 11 is 0. The van der Waals surface area contributed by atoms with E-state index in [2.05, 4.69) is 10.3 Å². The summed E-state index contributed by atoms with van der Waals surface area (Å²) in [6, 6.07) is 3.85. The SMILES string of the molecule is CCC(C)(C#N)C(=O)Nc1cnccc1C. The molecule has 4 nitrogen and oxygen atoms in total. The summed E-state index contributed by atoms with van der Waals surface area (Å²) in [4.78, 5) is 15.8. The number of nitrogens with zero attached hydrogens (tertiary/aromatic N) is 2. The highest BCUT2D eigenvalue weighted by atomic mass is 16.2.